The quantitative estimate of drug-likeness (QED) is 0.537. The van der Waals surface area contributed by atoms with E-state index in [-0.39, 0.29) is 0 Å². The van der Waals surface area contributed by atoms with Crippen LogP contribution in [0.25, 0.3) is 0 Å². The molecule has 0 radical (unpaired) electrons. The first-order chi connectivity index (χ1) is 4.81. The van der Waals surface area contributed by atoms with Crippen molar-refractivity contribution in [2.24, 2.45) is 5.92 Å². The van der Waals surface area contributed by atoms with Crippen molar-refractivity contribution in [2.75, 3.05) is 0 Å². The highest BCUT2D eigenvalue weighted by atomic mass is 14.2. The highest BCUT2D eigenvalue weighted by molar-refractivity contribution is 4.72. The normalized spacial score (nSPS) is 12.5. The first-order valence-electron chi connectivity index (χ1n) is 4.18. The third kappa shape index (κ3) is 5.62. The van der Waals surface area contributed by atoms with E-state index in [4.69, 9.17) is 5.26 Å². The molecule has 0 aliphatic heterocycles. The molecule has 0 aromatic carbocycles. The zero-order valence-electron chi connectivity index (χ0n) is 7.06. The Morgan fingerprint density at radius 1 is 1.40 bits per heavy atom. The Hall–Kier alpha value is -0.510. The molecule has 0 aromatic rings. The summed E-state index contributed by atoms with van der Waals surface area (Å²) in [5.74, 6) is 0.608. The van der Waals surface area contributed by atoms with E-state index in [1.165, 1.54) is 25.7 Å². The summed E-state index contributed by atoms with van der Waals surface area (Å²) in [5, 5.41) is 8.34. The molecule has 0 N–H and O–H groups in total. The summed E-state index contributed by atoms with van der Waals surface area (Å²) in [7, 11) is 0. The molecule has 0 bridgehead atoms. The van der Waals surface area contributed by atoms with Crippen molar-refractivity contribution in [1.29, 1.82) is 5.26 Å². The van der Waals surface area contributed by atoms with Gasteiger partial charge in [0.25, 0.3) is 0 Å². The van der Waals surface area contributed by atoms with Gasteiger partial charge in [-0.2, -0.15) is 5.26 Å². The molecule has 0 aliphatic carbocycles. The number of nitrogens with zero attached hydrogens (tertiary/aromatic N) is 1. The zero-order chi connectivity index (χ0) is 7.82. The fraction of sp³-hybridized carbons (Fsp3) is 0.889. The summed E-state index contributed by atoms with van der Waals surface area (Å²) in [5.41, 5.74) is 0. The van der Waals surface area contributed by atoms with E-state index in [9.17, 15) is 0 Å². The van der Waals surface area contributed by atoms with Gasteiger partial charge in [0.2, 0.25) is 0 Å². The monoisotopic (exact) mass is 139 g/mol. The summed E-state index contributed by atoms with van der Waals surface area (Å²) in [6.45, 7) is 4.35. The van der Waals surface area contributed by atoms with Crippen LogP contribution in [0.15, 0.2) is 0 Å². The van der Waals surface area contributed by atoms with Crippen LogP contribution in [0.1, 0.15) is 46.0 Å². The van der Waals surface area contributed by atoms with Gasteiger partial charge in [0.05, 0.1) is 6.07 Å². The predicted octanol–water partition coefficient (Wildman–Crippen LogP) is 3.12. The minimum Gasteiger partial charge on any atom is -0.198 e. The summed E-state index contributed by atoms with van der Waals surface area (Å²) < 4.78 is 0. The Morgan fingerprint density at radius 3 is 2.60 bits per heavy atom. The van der Waals surface area contributed by atoms with Gasteiger partial charge in [-0.25, -0.2) is 0 Å². The van der Waals surface area contributed by atoms with Gasteiger partial charge in [-0.05, 0) is 12.3 Å². The molecule has 1 nitrogen and oxygen atoms in total. The molecule has 0 fully saturated rings. The third-order valence-electron chi connectivity index (χ3n) is 1.74. The van der Waals surface area contributed by atoms with Gasteiger partial charge in [0, 0.05) is 6.42 Å². The third-order valence-corrected chi connectivity index (χ3v) is 1.74. The molecule has 0 spiro atoms. The Labute approximate surface area is 64.1 Å². The van der Waals surface area contributed by atoms with E-state index < -0.39 is 0 Å². The molecule has 0 rings (SSSR count). The van der Waals surface area contributed by atoms with Crippen molar-refractivity contribution in [3.63, 3.8) is 0 Å². The van der Waals surface area contributed by atoms with Crippen molar-refractivity contribution >= 4 is 0 Å². The van der Waals surface area contributed by atoms with Gasteiger partial charge in [0.15, 0.2) is 0 Å². The van der Waals surface area contributed by atoms with Crippen molar-refractivity contribution in [1.82, 2.24) is 0 Å². The van der Waals surface area contributed by atoms with Crippen molar-refractivity contribution < 1.29 is 0 Å². The molecule has 0 saturated heterocycles. The molecule has 0 saturated carbocycles. The highest BCUT2D eigenvalue weighted by Gasteiger charge is 1.98. The second-order valence-electron chi connectivity index (χ2n) is 2.96. The minimum atomic E-state index is 0.608. The molecule has 1 heteroatoms. The number of hydrogen-bond acceptors (Lipinski definition) is 1. The number of rotatable bonds is 5. The standard InChI is InChI=1S/C9H17N/c1-3-4-5-6-9(2)7-8-10/h9H,3-7H2,1-2H3/t9-/m0/s1. The van der Waals surface area contributed by atoms with Gasteiger partial charge >= 0.3 is 0 Å². The Bertz CT molecular complexity index is 102. The van der Waals surface area contributed by atoms with Crippen LogP contribution in [0.5, 0.6) is 0 Å². The fourth-order valence-corrected chi connectivity index (χ4v) is 1.00. The maximum atomic E-state index is 8.34. The highest BCUT2D eigenvalue weighted by Crippen LogP contribution is 2.11. The SMILES string of the molecule is CCCCC[C@H](C)CC#N. The summed E-state index contributed by atoms with van der Waals surface area (Å²) in [6.07, 6.45) is 5.83. The van der Waals surface area contributed by atoms with Crippen molar-refractivity contribution in [3.8, 4) is 6.07 Å². The van der Waals surface area contributed by atoms with E-state index in [2.05, 4.69) is 19.9 Å². The van der Waals surface area contributed by atoms with Crippen LogP contribution in [0.3, 0.4) is 0 Å². The summed E-state index contributed by atoms with van der Waals surface area (Å²) in [4.78, 5) is 0. The fourth-order valence-electron chi connectivity index (χ4n) is 1.00. The van der Waals surface area contributed by atoms with Gasteiger partial charge < -0.3 is 0 Å². The van der Waals surface area contributed by atoms with Crippen molar-refractivity contribution in [2.45, 2.75) is 46.0 Å². The van der Waals surface area contributed by atoms with Gasteiger partial charge in [-0.1, -0.05) is 33.1 Å². The Kier molecular flexibility index (Phi) is 6.27. The molecule has 10 heavy (non-hydrogen) atoms. The molecular weight excluding hydrogens is 122 g/mol. The average Bonchev–Trinajstić information content (AvgIpc) is 1.89. The molecule has 0 heterocycles. The molecule has 0 aliphatic rings. The lowest BCUT2D eigenvalue weighted by Crippen LogP contribution is -1.91. The summed E-state index contributed by atoms with van der Waals surface area (Å²) >= 11 is 0. The van der Waals surface area contributed by atoms with Crippen LogP contribution < -0.4 is 0 Å². The van der Waals surface area contributed by atoms with Crippen LogP contribution in [0, 0.1) is 17.2 Å². The van der Waals surface area contributed by atoms with Crippen molar-refractivity contribution in [3.05, 3.63) is 0 Å². The zero-order valence-corrected chi connectivity index (χ0v) is 7.06. The first kappa shape index (κ1) is 9.49. The molecule has 0 unspecified atom stereocenters. The topological polar surface area (TPSA) is 23.8 Å². The Balaban J connectivity index is 3.06. The number of nitriles is 1. The van der Waals surface area contributed by atoms with Crippen LogP contribution in [-0.4, -0.2) is 0 Å². The summed E-state index contributed by atoms with van der Waals surface area (Å²) in [6, 6.07) is 2.19. The maximum Gasteiger partial charge on any atom is 0.0624 e. The van der Waals surface area contributed by atoms with Gasteiger partial charge in [0.1, 0.15) is 0 Å². The lowest BCUT2D eigenvalue weighted by molar-refractivity contribution is 0.504. The lowest BCUT2D eigenvalue weighted by Gasteiger charge is -2.04. The van der Waals surface area contributed by atoms with E-state index in [1.807, 2.05) is 0 Å². The lowest BCUT2D eigenvalue weighted by atomic mass is 10.0. The number of unbranched alkanes of at least 4 members (excludes halogenated alkanes) is 2. The van der Waals surface area contributed by atoms with E-state index in [1.54, 1.807) is 0 Å². The molecule has 58 valence electrons. The second kappa shape index (κ2) is 6.61. The van der Waals surface area contributed by atoms with Crippen LogP contribution >= 0.6 is 0 Å². The molecule has 0 amide bonds. The smallest absolute Gasteiger partial charge is 0.0624 e. The van der Waals surface area contributed by atoms with Crippen LogP contribution in [0.2, 0.25) is 0 Å². The molecule has 1 atom stereocenters. The van der Waals surface area contributed by atoms with Gasteiger partial charge in [-0.15, -0.1) is 0 Å². The molecule has 0 aromatic heterocycles. The predicted molar refractivity (Wildman–Crippen MR) is 43.5 cm³/mol. The minimum absolute atomic E-state index is 0.608. The van der Waals surface area contributed by atoms with Gasteiger partial charge in [-0.3, -0.25) is 0 Å². The average molecular weight is 139 g/mol. The van der Waals surface area contributed by atoms with Crippen LogP contribution in [-0.2, 0) is 0 Å². The Morgan fingerprint density at radius 2 is 2.10 bits per heavy atom. The number of hydrogen-bond donors (Lipinski definition) is 0. The van der Waals surface area contributed by atoms with Crippen LogP contribution in [0.4, 0.5) is 0 Å². The maximum absolute atomic E-state index is 8.34. The molecular formula is C9H17N. The second-order valence-corrected chi connectivity index (χ2v) is 2.96. The largest absolute Gasteiger partial charge is 0.198 e. The first-order valence-corrected chi connectivity index (χ1v) is 4.18. The van der Waals surface area contributed by atoms with E-state index in [0.29, 0.717) is 5.92 Å². The van der Waals surface area contributed by atoms with E-state index in [0.717, 1.165) is 6.42 Å². The van der Waals surface area contributed by atoms with E-state index >= 15 is 0 Å².